The van der Waals surface area contributed by atoms with Gasteiger partial charge in [-0.25, -0.2) is 0 Å². The van der Waals surface area contributed by atoms with Crippen LogP contribution in [0.4, 0.5) is 5.69 Å². The second-order valence-corrected chi connectivity index (χ2v) is 4.78. The molecule has 1 amide bonds. The molecule has 2 nitrogen and oxygen atoms in total. The molecule has 0 heterocycles. The van der Waals surface area contributed by atoms with Crippen LogP contribution in [0.5, 0.6) is 0 Å². The summed E-state index contributed by atoms with van der Waals surface area (Å²) >= 11 is 0. The van der Waals surface area contributed by atoms with E-state index in [1.807, 2.05) is 0 Å². The lowest BCUT2D eigenvalue weighted by atomic mass is 9.84. The first-order valence-corrected chi connectivity index (χ1v) is 6.67. The van der Waals surface area contributed by atoms with Crippen molar-refractivity contribution in [3.05, 3.63) is 29.3 Å². The van der Waals surface area contributed by atoms with Crippen LogP contribution in [-0.2, 0) is 17.6 Å². The fourth-order valence-corrected chi connectivity index (χ4v) is 2.30. The van der Waals surface area contributed by atoms with Gasteiger partial charge in [-0.2, -0.15) is 0 Å². The molecule has 0 aliphatic heterocycles. The zero-order valence-electron chi connectivity index (χ0n) is 10.8. The molecule has 1 aliphatic carbocycles. The largest absolute Gasteiger partial charge is 0.325 e. The molecule has 1 saturated carbocycles. The highest BCUT2D eigenvalue weighted by atomic mass is 16.1. The number of para-hydroxylation sites is 1. The highest BCUT2D eigenvalue weighted by Gasteiger charge is 2.25. The van der Waals surface area contributed by atoms with Gasteiger partial charge in [0.2, 0.25) is 5.91 Å². The Bertz CT molecular complexity index is 385. The second kappa shape index (κ2) is 5.35. The van der Waals surface area contributed by atoms with Crippen LogP contribution in [0, 0.1) is 5.92 Å². The minimum absolute atomic E-state index is 0.215. The van der Waals surface area contributed by atoms with Crippen LogP contribution in [0.1, 0.15) is 44.2 Å². The number of hydrogen-bond acceptors (Lipinski definition) is 1. The molecule has 0 atom stereocenters. The van der Waals surface area contributed by atoms with Gasteiger partial charge in [-0.15, -0.1) is 0 Å². The molecule has 2 heteroatoms. The van der Waals surface area contributed by atoms with Crippen molar-refractivity contribution in [2.45, 2.75) is 46.0 Å². The van der Waals surface area contributed by atoms with Crippen LogP contribution in [-0.4, -0.2) is 5.91 Å². The van der Waals surface area contributed by atoms with E-state index < -0.39 is 0 Å². The van der Waals surface area contributed by atoms with Crippen LogP contribution in [0.15, 0.2) is 18.2 Å². The van der Waals surface area contributed by atoms with Crippen LogP contribution in [0.2, 0.25) is 0 Å². The highest BCUT2D eigenvalue weighted by Crippen LogP contribution is 2.29. The zero-order valence-corrected chi connectivity index (χ0v) is 10.8. The molecule has 0 saturated heterocycles. The Hall–Kier alpha value is -1.31. The Morgan fingerprint density at radius 3 is 2.24 bits per heavy atom. The molecular formula is C15H21NO. The Balaban J connectivity index is 2.20. The first-order valence-electron chi connectivity index (χ1n) is 6.67. The van der Waals surface area contributed by atoms with E-state index >= 15 is 0 Å². The lowest BCUT2D eigenvalue weighted by Gasteiger charge is -2.25. The predicted molar refractivity (Wildman–Crippen MR) is 71.2 cm³/mol. The molecule has 0 bridgehead atoms. The smallest absolute Gasteiger partial charge is 0.227 e. The highest BCUT2D eigenvalue weighted by molar-refractivity contribution is 5.94. The molecule has 1 aromatic rings. The summed E-state index contributed by atoms with van der Waals surface area (Å²) in [5.41, 5.74) is 3.56. The monoisotopic (exact) mass is 231 g/mol. The number of carbonyl (C=O) groups excluding carboxylic acids is 1. The molecule has 1 aliphatic rings. The predicted octanol–water partition coefficient (Wildman–Crippen LogP) is 3.55. The molecular weight excluding hydrogens is 210 g/mol. The fourth-order valence-electron chi connectivity index (χ4n) is 2.30. The van der Waals surface area contributed by atoms with Gasteiger partial charge in [0.05, 0.1) is 0 Å². The molecule has 1 aromatic carbocycles. The number of amides is 1. The number of hydrogen-bond donors (Lipinski definition) is 1. The lowest BCUT2D eigenvalue weighted by molar-refractivity contribution is -0.122. The standard InChI is InChI=1S/C15H21NO/c1-3-11-7-5-8-12(4-2)14(11)16-15(17)13-9-6-10-13/h5,7-8,13H,3-4,6,9-10H2,1-2H3,(H,16,17). The van der Waals surface area contributed by atoms with E-state index in [-0.39, 0.29) is 11.8 Å². The summed E-state index contributed by atoms with van der Waals surface area (Å²) in [6, 6.07) is 6.29. The summed E-state index contributed by atoms with van der Waals surface area (Å²) in [6.07, 6.45) is 5.25. The van der Waals surface area contributed by atoms with Gasteiger partial charge in [-0.1, -0.05) is 38.5 Å². The van der Waals surface area contributed by atoms with Crippen LogP contribution < -0.4 is 5.32 Å². The van der Waals surface area contributed by atoms with Gasteiger partial charge < -0.3 is 5.32 Å². The third-order valence-corrected chi connectivity index (χ3v) is 3.72. The topological polar surface area (TPSA) is 29.1 Å². The first kappa shape index (κ1) is 12.2. The van der Waals surface area contributed by atoms with Gasteiger partial charge in [-0.05, 0) is 36.8 Å². The third-order valence-electron chi connectivity index (χ3n) is 3.72. The average molecular weight is 231 g/mol. The number of carbonyl (C=O) groups is 1. The second-order valence-electron chi connectivity index (χ2n) is 4.78. The number of nitrogens with one attached hydrogen (secondary N) is 1. The van der Waals surface area contributed by atoms with E-state index in [0.717, 1.165) is 31.4 Å². The number of aryl methyl sites for hydroxylation is 2. The summed E-state index contributed by atoms with van der Waals surface area (Å²) in [7, 11) is 0. The minimum Gasteiger partial charge on any atom is -0.325 e. The molecule has 0 radical (unpaired) electrons. The SMILES string of the molecule is CCc1cccc(CC)c1NC(=O)C1CCC1. The Morgan fingerprint density at radius 2 is 1.82 bits per heavy atom. The van der Waals surface area contributed by atoms with Gasteiger partial charge in [0.15, 0.2) is 0 Å². The van der Waals surface area contributed by atoms with Gasteiger partial charge >= 0.3 is 0 Å². The maximum atomic E-state index is 12.0. The van der Waals surface area contributed by atoms with Crippen molar-refractivity contribution in [3.63, 3.8) is 0 Å². The van der Waals surface area contributed by atoms with Crippen molar-refractivity contribution in [2.75, 3.05) is 5.32 Å². The molecule has 1 fully saturated rings. The number of rotatable bonds is 4. The van der Waals surface area contributed by atoms with Crippen molar-refractivity contribution in [2.24, 2.45) is 5.92 Å². The summed E-state index contributed by atoms with van der Waals surface area (Å²) in [5, 5.41) is 3.14. The van der Waals surface area contributed by atoms with Gasteiger partial charge in [0, 0.05) is 11.6 Å². The van der Waals surface area contributed by atoms with Crippen LogP contribution >= 0.6 is 0 Å². The Morgan fingerprint density at radius 1 is 1.24 bits per heavy atom. The first-order chi connectivity index (χ1) is 8.26. The van der Waals surface area contributed by atoms with Crippen molar-refractivity contribution >= 4 is 11.6 Å². The summed E-state index contributed by atoms with van der Waals surface area (Å²) < 4.78 is 0. The molecule has 92 valence electrons. The molecule has 17 heavy (non-hydrogen) atoms. The fraction of sp³-hybridized carbons (Fsp3) is 0.533. The minimum atomic E-state index is 0.215. The van der Waals surface area contributed by atoms with Gasteiger partial charge in [-0.3, -0.25) is 4.79 Å². The molecule has 0 unspecified atom stereocenters. The quantitative estimate of drug-likeness (QED) is 0.843. The average Bonchev–Trinajstić information content (AvgIpc) is 2.26. The van der Waals surface area contributed by atoms with E-state index in [4.69, 9.17) is 0 Å². The molecule has 2 rings (SSSR count). The molecule has 0 aromatic heterocycles. The van der Waals surface area contributed by atoms with E-state index in [1.165, 1.54) is 17.5 Å². The zero-order chi connectivity index (χ0) is 12.3. The van der Waals surface area contributed by atoms with Gasteiger partial charge in [0.1, 0.15) is 0 Å². The number of anilines is 1. The van der Waals surface area contributed by atoms with E-state index in [9.17, 15) is 4.79 Å². The molecule has 0 spiro atoms. The maximum Gasteiger partial charge on any atom is 0.227 e. The summed E-state index contributed by atoms with van der Waals surface area (Å²) in [4.78, 5) is 12.0. The maximum absolute atomic E-state index is 12.0. The van der Waals surface area contributed by atoms with Gasteiger partial charge in [0.25, 0.3) is 0 Å². The van der Waals surface area contributed by atoms with Crippen molar-refractivity contribution in [1.82, 2.24) is 0 Å². The molecule has 1 N–H and O–H groups in total. The van der Waals surface area contributed by atoms with E-state index in [1.54, 1.807) is 0 Å². The van der Waals surface area contributed by atoms with Crippen LogP contribution in [0.25, 0.3) is 0 Å². The number of benzene rings is 1. The Kier molecular flexibility index (Phi) is 3.82. The van der Waals surface area contributed by atoms with E-state index in [2.05, 4.69) is 37.4 Å². The van der Waals surface area contributed by atoms with E-state index in [0.29, 0.717) is 0 Å². The van der Waals surface area contributed by atoms with Crippen LogP contribution in [0.3, 0.4) is 0 Å². The normalized spacial score (nSPS) is 15.4. The van der Waals surface area contributed by atoms with Crippen molar-refractivity contribution in [3.8, 4) is 0 Å². The van der Waals surface area contributed by atoms with Crippen molar-refractivity contribution < 1.29 is 4.79 Å². The summed E-state index contributed by atoms with van der Waals surface area (Å²) in [5.74, 6) is 0.469. The lowest BCUT2D eigenvalue weighted by Crippen LogP contribution is -2.28. The Labute approximate surface area is 103 Å². The third kappa shape index (κ3) is 2.51. The summed E-state index contributed by atoms with van der Waals surface area (Å²) in [6.45, 7) is 4.27. The van der Waals surface area contributed by atoms with Crippen molar-refractivity contribution in [1.29, 1.82) is 0 Å².